The van der Waals surface area contributed by atoms with Crippen LogP contribution in [0.3, 0.4) is 0 Å². The Morgan fingerprint density at radius 2 is 1.85 bits per heavy atom. The Hall–Kier alpha value is -1.96. The number of nitrogens with zero attached hydrogens (tertiary/aromatic N) is 2. The topological polar surface area (TPSA) is 68.5 Å². The second-order valence-electron chi connectivity index (χ2n) is 6.09. The van der Waals surface area contributed by atoms with Crippen molar-refractivity contribution in [1.29, 1.82) is 0 Å². The van der Waals surface area contributed by atoms with Gasteiger partial charge in [-0.25, -0.2) is 8.42 Å². The van der Waals surface area contributed by atoms with E-state index in [1.54, 1.807) is 29.8 Å². The number of thiazole rings is 1. The number of amides is 1. The van der Waals surface area contributed by atoms with Crippen molar-refractivity contribution >= 4 is 48.9 Å². The molecular weight excluding hydrogens is 392 g/mol. The zero-order valence-corrected chi connectivity index (χ0v) is 16.9. The molecular formula is C18H17ClN2O3S2. The Morgan fingerprint density at radius 3 is 2.50 bits per heavy atom. The monoisotopic (exact) mass is 408 g/mol. The Balaban J connectivity index is 1.96. The second-order valence-corrected chi connectivity index (χ2v) is 9.53. The van der Waals surface area contributed by atoms with Crippen LogP contribution in [-0.4, -0.2) is 24.6 Å². The molecule has 1 aromatic heterocycles. The lowest BCUT2D eigenvalue weighted by Crippen LogP contribution is -2.19. The van der Waals surface area contributed by atoms with Crippen molar-refractivity contribution in [3.8, 4) is 0 Å². The number of rotatable bonds is 3. The van der Waals surface area contributed by atoms with E-state index in [1.165, 1.54) is 23.5 Å². The number of fused-ring (bicyclic) bond motifs is 1. The number of hydrogen-bond acceptors (Lipinski definition) is 4. The van der Waals surface area contributed by atoms with E-state index in [0.29, 0.717) is 9.82 Å². The summed E-state index contributed by atoms with van der Waals surface area (Å²) < 4.78 is 27.5. The number of sulfone groups is 1. The highest BCUT2D eigenvalue weighted by Crippen LogP contribution is 2.25. The molecule has 0 saturated carbocycles. The second kappa shape index (κ2) is 6.98. The minimum Gasteiger partial charge on any atom is -0.319 e. The van der Waals surface area contributed by atoms with E-state index in [1.807, 2.05) is 19.9 Å². The van der Waals surface area contributed by atoms with Crippen molar-refractivity contribution in [2.75, 3.05) is 5.75 Å². The highest BCUT2D eigenvalue weighted by atomic mass is 35.5. The van der Waals surface area contributed by atoms with E-state index in [0.717, 1.165) is 21.3 Å². The number of halogens is 1. The molecule has 1 amide bonds. The molecule has 0 atom stereocenters. The van der Waals surface area contributed by atoms with E-state index >= 15 is 0 Å². The van der Waals surface area contributed by atoms with Crippen molar-refractivity contribution in [3.63, 3.8) is 0 Å². The number of carbonyl (C=O) groups is 1. The quantitative estimate of drug-likeness (QED) is 0.666. The van der Waals surface area contributed by atoms with Gasteiger partial charge in [-0.15, -0.1) is 0 Å². The van der Waals surface area contributed by atoms with E-state index < -0.39 is 21.5 Å². The Bertz CT molecular complexity index is 1170. The molecule has 1 heterocycles. The molecule has 0 aliphatic heterocycles. The summed E-state index contributed by atoms with van der Waals surface area (Å²) in [6.45, 7) is 3.79. The first-order valence-corrected chi connectivity index (χ1v) is 10.6. The molecule has 0 unspecified atom stereocenters. The lowest BCUT2D eigenvalue weighted by Gasteiger charge is -2.02. The van der Waals surface area contributed by atoms with Crippen LogP contribution in [0.5, 0.6) is 0 Å². The zero-order valence-electron chi connectivity index (χ0n) is 14.5. The van der Waals surface area contributed by atoms with Crippen LogP contribution in [-0.2, 0) is 21.7 Å². The van der Waals surface area contributed by atoms with Gasteiger partial charge in [-0.3, -0.25) is 4.79 Å². The van der Waals surface area contributed by atoms with E-state index in [-0.39, 0.29) is 4.90 Å². The predicted molar refractivity (Wildman–Crippen MR) is 104 cm³/mol. The maximum absolute atomic E-state index is 12.4. The molecule has 5 nitrogen and oxygen atoms in total. The average Bonchev–Trinajstić information content (AvgIpc) is 2.82. The maximum Gasteiger partial charge on any atom is 0.263 e. The summed E-state index contributed by atoms with van der Waals surface area (Å²) in [4.78, 5) is 16.8. The largest absolute Gasteiger partial charge is 0.319 e. The molecule has 0 N–H and O–H groups in total. The van der Waals surface area contributed by atoms with Crippen LogP contribution in [0.2, 0.25) is 5.02 Å². The summed E-state index contributed by atoms with van der Waals surface area (Å²) in [7, 11) is -1.93. The number of aryl methyl sites for hydroxylation is 3. The molecule has 0 aliphatic carbocycles. The number of hydrogen-bond donors (Lipinski definition) is 0. The van der Waals surface area contributed by atoms with Crippen LogP contribution in [0, 0.1) is 13.8 Å². The summed E-state index contributed by atoms with van der Waals surface area (Å²) in [5.41, 5.74) is 2.84. The van der Waals surface area contributed by atoms with Crippen LogP contribution < -0.4 is 4.80 Å². The third kappa shape index (κ3) is 3.75. The van der Waals surface area contributed by atoms with Crippen molar-refractivity contribution in [1.82, 2.24) is 4.57 Å². The lowest BCUT2D eigenvalue weighted by molar-refractivity contribution is -0.115. The molecule has 2 aromatic carbocycles. The third-order valence-corrected chi connectivity index (χ3v) is 6.88. The number of carbonyl (C=O) groups excluding carboxylic acids is 1. The minimum atomic E-state index is -3.72. The van der Waals surface area contributed by atoms with Gasteiger partial charge in [0.05, 0.1) is 15.1 Å². The van der Waals surface area contributed by atoms with Gasteiger partial charge in [0.25, 0.3) is 5.91 Å². The molecule has 8 heteroatoms. The zero-order chi connectivity index (χ0) is 19.1. The number of benzene rings is 2. The van der Waals surface area contributed by atoms with Gasteiger partial charge in [0.15, 0.2) is 14.6 Å². The smallest absolute Gasteiger partial charge is 0.263 e. The predicted octanol–water partition coefficient (Wildman–Crippen LogP) is 3.41. The van der Waals surface area contributed by atoms with Crippen molar-refractivity contribution in [2.45, 2.75) is 18.7 Å². The van der Waals surface area contributed by atoms with E-state index in [9.17, 15) is 13.2 Å². The Kier molecular flexibility index (Phi) is 5.05. The maximum atomic E-state index is 12.4. The van der Waals surface area contributed by atoms with Gasteiger partial charge in [-0.05, 0) is 43.7 Å². The standard InChI is InChI=1S/C18H17ClN2O3S2/c1-11-4-6-14(7-5-11)26(23,24)10-16(22)20-18-21(3)17-12(2)8-13(19)9-15(17)25-18/h4-9H,10H2,1-3H3. The van der Waals surface area contributed by atoms with Gasteiger partial charge >= 0.3 is 0 Å². The van der Waals surface area contributed by atoms with Crippen molar-refractivity contribution in [2.24, 2.45) is 12.0 Å². The third-order valence-electron chi connectivity index (χ3n) is 3.97. The molecule has 0 spiro atoms. The first kappa shape index (κ1) is 18.8. The fourth-order valence-corrected chi connectivity index (χ4v) is 5.30. The minimum absolute atomic E-state index is 0.120. The molecule has 26 heavy (non-hydrogen) atoms. The first-order valence-electron chi connectivity index (χ1n) is 7.80. The average molecular weight is 409 g/mol. The van der Waals surface area contributed by atoms with Crippen molar-refractivity contribution in [3.05, 3.63) is 57.3 Å². The van der Waals surface area contributed by atoms with Crippen LogP contribution in [0.4, 0.5) is 0 Å². The van der Waals surface area contributed by atoms with Crippen LogP contribution in [0.15, 0.2) is 46.3 Å². The molecule has 136 valence electrons. The van der Waals surface area contributed by atoms with Gasteiger partial charge in [-0.2, -0.15) is 4.99 Å². The fourth-order valence-electron chi connectivity index (χ4n) is 2.70. The lowest BCUT2D eigenvalue weighted by atomic mass is 10.2. The highest BCUT2D eigenvalue weighted by Gasteiger charge is 2.19. The summed E-state index contributed by atoms with van der Waals surface area (Å²) in [6, 6.07) is 10.1. The van der Waals surface area contributed by atoms with E-state index in [2.05, 4.69) is 4.99 Å². The SMILES string of the molecule is Cc1ccc(S(=O)(=O)CC(=O)N=c2sc3cc(Cl)cc(C)c3n2C)cc1. The van der Waals surface area contributed by atoms with Crippen molar-refractivity contribution < 1.29 is 13.2 Å². The molecule has 3 aromatic rings. The molecule has 0 bridgehead atoms. The van der Waals surface area contributed by atoms with Crippen LogP contribution >= 0.6 is 22.9 Å². The van der Waals surface area contributed by atoms with Gasteiger partial charge in [0.1, 0.15) is 5.75 Å². The highest BCUT2D eigenvalue weighted by molar-refractivity contribution is 7.92. The summed E-state index contributed by atoms with van der Waals surface area (Å²) in [5.74, 6) is -1.36. The molecule has 0 aliphatic rings. The van der Waals surface area contributed by atoms with E-state index in [4.69, 9.17) is 11.6 Å². The Labute approximate surface area is 160 Å². The Morgan fingerprint density at radius 1 is 1.19 bits per heavy atom. The molecule has 0 fully saturated rings. The molecule has 0 radical (unpaired) electrons. The van der Waals surface area contributed by atoms with Crippen LogP contribution in [0.25, 0.3) is 10.2 Å². The normalized spacial score (nSPS) is 12.7. The summed E-state index contributed by atoms with van der Waals surface area (Å²) >= 11 is 7.38. The van der Waals surface area contributed by atoms with Gasteiger partial charge in [0, 0.05) is 12.1 Å². The molecule has 3 rings (SSSR count). The van der Waals surface area contributed by atoms with Gasteiger partial charge in [-0.1, -0.05) is 40.6 Å². The summed E-state index contributed by atoms with van der Waals surface area (Å²) in [6.07, 6.45) is 0. The van der Waals surface area contributed by atoms with Gasteiger partial charge < -0.3 is 4.57 Å². The molecule has 0 saturated heterocycles. The number of aromatic nitrogens is 1. The fraction of sp³-hybridized carbons (Fsp3) is 0.222. The first-order chi connectivity index (χ1) is 12.2. The summed E-state index contributed by atoms with van der Waals surface area (Å²) in [5, 5.41) is 0.608. The van der Waals surface area contributed by atoms with Crippen LogP contribution in [0.1, 0.15) is 11.1 Å². The van der Waals surface area contributed by atoms with Gasteiger partial charge in [0.2, 0.25) is 0 Å².